The van der Waals surface area contributed by atoms with E-state index in [4.69, 9.17) is 23.7 Å². The Morgan fingerprint density at radius 3 is 1.88 bits per heavy atom. The molecule has 1 unspecified atom stereocenters. The molecule has 9 nitrogen and oxygen atoms in total. The van der Waals surface area contributed by atoms with Gasteiger partial charge in [-0.3, -0.25) is 4.79 Å². The number of nitrogens with zero attached hydrogens (tertiary/aromatic N) is 1. The normalized spacial score (nSPS) is 15.3. The summed E-state index contributed by atoms with van der Waals surface area (Å²) < 4.78 is 27.8. The Morgan fingerprint density at radius 2 is 1.32 bits per heavy atom. The molecule has 0 bridgehead atoms. The summed E-state index contributed by atoms with van der Waals surface area (Å²) in [6, 6.07) is 0. The van der Waals surface area contributed by atoms with Crippen molar-refractivity contribution in [3.63, 3.8) is 0 Å². The smallest absolute Gasteiger partial charge is 0.465 e. The van der Waals surface area contributed by atoms with Crippen molar-refractivity contribution in [1.29, 1.82) is 0 Å². The average Bonchev–Trinajstić information content (AvgIpc) is 2.95. The third-order valence-electron chi connectivity index (χ3n) is 7.29. The Balaban J connectivity index is 2.30. The maximum Gasteiger partial charge on any atom is 0.508 e. The number of carbonyl (C=O) groups is 2. The van der Waals surface area contributed by atoms with Crippen LogP contribution in [0.15, 0.2) is 0 Å². The van der Waals surface area contributed by atoms with Crippen LogP contribution < -0.4 is 0 Å². The molecule has 40 heavy (non-hydrogen) atoms. The zero-order valence-corrected chi connectivity index (χ0v) is 25.7. The fourth-order valence-corrected chi connectivity index (χ4v) is 4.54. The Bertz CT molecular complexity index is 594. The lowest BCUT2D eigenvalue weighted by molar-refractivity contribution is -0.160. The van der Waals surface area contributed by atoms with E-state index in [0.29, 0.717) is 19.6 Å². The predicted molar refractivity (Wildman–Crippen MR) is 156 cm³/mol. The minimum absolute atomic E-state index is 0.0290. The molecule has 1 fully saturated rings. The van der Waals surface area contributed by atoms with E-state index in [1.54, 1.807) is 0 Å². The van der Waals surface area contributed by atoms with E-state index >= 15 is 0 Å². The van der Waals surface area contributed by atoms with Crippen LogP contribution in [-0.2, 0) is 28.5 Å². The summed E-state index contributed by atoms with van der Waals surface area (Å²) in [5.74, 6) is -0.888. The summed E-state index contributed by atoms with van der Waals surface area (Å²) in [4.78, 5) is 26.6. The molecule has 0 aromatic rings. The third-order valence-corrected chi connectivity index (χ3v) is 7.29. The van der Waals surface area contributed by atoms with Gasteiger partial charge in [-0.05, 0) is 32.7 Å². The molecule has 0 aromatic heterocycles. The molecule has 0 spiro atoms. The number of carbonyl (C=O) groups excluding carboxylic acids is 2. The van der Waals surface area contributed by atoms with E-state index in [2.05, 4.69) is 18.7 Å². The molecular formula is C31H59NO8. The quantitative estimate of drug-likeness (QED) is 0.0771. The topological polar surface area (TPSA) is 104 Å². The Kier molecular flexibility index (Phi) is 23.2. The first kappa shape index (κ1) is 36.6. The van der Waals surface area contributed by atoms with Crippen molar-refractivity contribution in [2.24, 2.45) is 5.92 Å². The van der Waals surface area contributed by atoms with Gasteiger partial charge in [0.05, 0.1) is 25.6 Å². The van der Waals surface area contributed by atoms with Crippen molar-refractivity contribution < 1.29 is 38.4 Å². The fraction of sp³-hybridized carbons (Fsp3) is 0.935. The number of aliphatic hydroxyl groups is 1. The second-order valence-corrected chi connectivity index (χ2v) is 11.2. The van der Waals surface area contributed by atoms with Gasteiger partial charge in [-0.15, -0.1) is 0 Å². The summed E-state index contributed by atoms with van der Waals surface area (Å²) in [6.45, 7) is 7.07. The standard InChI is InChI=1S/C31H59NO8/c1-4-6-8-10-12-14-22-36-30(37-23-15-13-11-9-7-5-2)17-16-29(34)38-25-27(24-33)26-39-31(35)40-28-18-20-32(3)21-19-28/h27-28,30,33H,4-26H2,1-3H3. The number of hydrogen-bond acceptors (Lipinski definition) is 9. The minimum atomic E-state index is -0.743. The van der Waals surface area contributed by atoms with Crippen LogP contribution in [0.3, 0.4) is 0 Å². The number of esters is 1. The highest BCUT2D eigenvalue weighted by Crippen LogP contribution is 2.14. The molecule has 9 heteroatoms. The van der Waals surface area contributed by atoms with Gasteiger partial charge < -0.3 is 33.7 Å². The number of likely N-dealkylation sites (tertiary alicyclic amines) is 1. The van der Waals surface area contributed by atoms with Gasteiger partial charge in [-0.2, -0.15) is 0 Å². The van der Waals surface area contributed by atoms with E-state index in [1.165, 1.54) is 51.4 Å². The van der Waals surface area contributed by atoms with Gasteiger partial charge in [0, 0.05) is 32.7 Å². The maximum absolute atomic E-state index is 12.4. The predicted octanol–water partition coefficient (Wildman–Crippen LogP) is 6.25. The zero-order chi connectivity index (χ0) is 29.3. The molecule has 1 atom stereocenters. The highest BCUT2D eigenvalue weighted by Gasteiger charge is 2.22. The van der Waals surface area contributed by atoms with Gasteiger partial charge in [0.25, 0.3) is 0 Å². The van der Waals surface area contributed by atoms with E-state index in [0.717, 1.165) is 51.6 Å². The van der Waals surface area contributed by atoms with Crippen molar-refractivity contribution in [3.8, 4) is 0 Å². The van der Waals surface area contributed by atoms with Crippen LogP contribution in [0.25, 0.3) is 0 Å². The van der Waals surface area contributed by atoms with Gasteiger partial charge in [-0.1, -0.05) is 78.1 Å². The lowest BCUT2D eigenvalue weighted by atomic mass is 10.1. The summed E-state index contributed by atoms with van der Waals surface area (Å²) in [5.41, 5.74) is 0. The molecule has 1 rings (SSSR count). The van der Waals surface area contributed by atoms with Crippen LogP contribution in [-0.4, -0.2) is 87.7 Å². The van der Waals surface area contributed by atoms with Crippen molar-refractivity contribution >= 4 is 12.1 Å². The van der Waals surface area contributed by atoms with Gasteiger partial charge in [-0.25, -0.2) is 4.79 Å². The zero-order valence-electron chi connectivity index (χ0n) is 25.7. The molecule has 0 saturated carbocycles. The molecule has 1 aliphatic rings. The van der Waals surface area contributed by atoms with Crippen LogP contribution in [0.1, 0.15) is 117 Å². The van der Waals surface area contributed by atoms with Crippen LogP contribution in [0, 0.1) is 5.92 Å². The first-order chi connectivity index (χ1) is 19.5. The maximum atomic E-state index is 12.4. The van der Waals surface area contributed by atoms with E-state index < -0.39 is 18.4 Å². The number of piperidine rings is 1. The van der Waals surface area contributed by atoms with Crippen molar-refractivity contribution in [2.45, 2.75) is 129 Å². The molecule has 1 N–H and O–H groups in total. The first-order valence-electron chi connectivity index (χ1n) is 16.0. The highest BCUT2D eigenvalue weighted by molar-refractivity contribution is 5.69. The Labute approximate surface area is 243 Å². The Hall–Kier alpha value is -1.42. The van der Waals surface area contributed by atoms with E-state index in [9.17, 15) is 14.7 Å². The monoisotopic (exact) mass is 573 g/mol. The molecule has 0 radical (unpaired) electrons. The Morgan fingerprint density at radius 1 is 0.800 bits per heavy atom. The summed E-state index contributed by atoms with van der Waals surface area (Å²) in [6.07, 6.45) is 15.1. The number of rotatable bonds is 25. The number of ether oxygens (including phenoxy) is 5. The second-order valence-electron chi connectivity index (χ2n) is 11.2. The van der Waals surface area contributed by atoms with Gasteiger partial charge in [0.2, 0.25) is 0 Å². The van der Waals surface area contributed by atoms with Crippen molar-refractivity contribution in [1.82, 2.24) is 4.90 Å². The largest absolute Gasteiger partial charge is 0.508 e. The lowest BCUT2D eigenvalue weighted by Gasteiger charge is -2.28. The number of unbranched alkanes of at least 4 members (excludes halogenated alkanes) is 10. The summed E-state index contributed by atoms with van der Waals surface area (Å²) >= 11 is 0. The average molecular weight is 574 g/mol. The molecular weight excluding hydrogens is 514 g/mol. The number of hydrogen-bond donors (Lipinski definition) is 1. The van der Waals surface area contributed by atoms with Crippen molar-refractivity contribution in [3.05, 3.63) is 0 Å². The second kappa shape index (κ2) is 25.3. The molecule has 0 aromatic carbocycles. The van der Waals surface area contributed by atoms with Crippen LogP contribution in [0.4, 0.5) is 4.79 Å². The van der Waals surface area contributed by atoms with E-state index in [1.807, 2.05) is 7.05 Å². The van der Waals surface area contributed by atoms with Crippen molar-refractivity contribution in [2.75, 3.05) is 53.2 Å². The van der Waals surface area contributed by atoms with Crippen LogP contribution in [0.5, 0.6) is 0 Å². The highest BCUT2D eigenvalue weighted by atomic mass is 16.7. The van der Waals surface area contributed by atoms with Gasteiger partial charge in [0.1, 0.15) is 12.7 Å². The molecule has 1 heterocycles. The van der Waals surface area contributed by atoms with E-state index in [-0.39, 0.29) is 38.3 Å². The SMILES string of the molecule is CCCCCCCCOC(CCC(=O)OCC(CO)COC(=O)OC1CCN(C)CC1)OCCCCCCCC. The molecule has 1 aliphatic heterocycles. The summed E-state index contributed by atoms with van der Waals surface area (Å²) in [5, 5.41) is 9.63. The van der Waals surface area contributed by atoms with Crippen LogP contribution in [0.2, 0.25) is 0 Å². The van der Waals surface area contributed by atoms with Gasteiger partial charge in [0.15, 0.2) is 6.29 Å². The minimum Gasteiger partial charge on any atom is -0.465 e. The summed E-state index contributed by atoms with van der Waals surface area (Å²) in [7, 11) is 2.04. The third kappa shape index (κ3) is 20.5. The van der Waals surface area contributed by atoms with Gasteiger partial charge >= 0.3 is 12.1 Å². The molecule has 1 saturated heterocycles. The lowest BCUT2D eigenvalue weighted by Crippen LogP contribution is -2.35. The molecule has 0 amide bonds. The number of aliphatic hydroxyl groups excluding tert-OH is 1. The van der Waals surface area contributed by atoms with Crippen LogP contribution >= 0.6 is 0 Å². The first-order valence-corrected chi connectivity index (χ1v) is 16.0. The fourth-order valence-electron chi connectivity index (χ4n) is 4.54. The molecule has 0 aliphatic carbocycles. The molecule has 236 valence electrons.